The van der Waals surface area contributed by atoms with Gasteiger partial charge in [-0.2, -0.15) is 0 Å². The number of hydrogen-bond donors (Lipinski definition) is 0. The van der Waals surface area contributed by atoms with E-state index in [1.54, 1.807) is 18.0 Å². The van der Waals surface area contributed by atoms with Crippen molar-refractivity contribution in [2.75, 3.05) is 20.7 Å². The fourth-order valence-corrected chi connectivity index (χ4v) is 2.64. The normalized spacial score (nSPS) is 10.2. The molecule has 0 spiro atoms. The average molecular weight is 311 g/mol. The second kappa shape index (κ2) is 8.56. The first-order valence-electron chi connectivity index (χ1n) is 6.84. The van der Waals surface area contributed by atoms with Crippen molar-refractivity contribution in [3.05, 3.63) is 21.9 Å². The van der Waals surface area contributed by atoms with Crippen LogP contribution in [-0.4, -0.2) is 43.3 Å². The van der Waals surface area contributed by atoms with Crippen LogP contribution in [0.1, 0.15) is 40.2 Å². The molecule has 1 aromatic rings. The third-order valence-electron chi connectivity index (χ3n) is 3.11. The van der Waals surface area contributed by atoms with Crippen LogP contribution in [0, 0.1) is 6.92 Å². The van der Waals surface area contributed by atoms with Crippen LogP contribution < -0.4 is 0 Å². The van der Waals surface area contributed by atoms with Crippen LogP contribution in [0.5, 0.6) is 0 Å². The molecular formula is C15H21NO4S. The molecule has 0 aromatic carbocycles. The number of Topliss-reactive ketones (excluding diaryl/α,β-unsaturated/α-hetero) is 1. The number of ketones is 1. The minimum absolute atomic E-state index is 0.00408. The third-order valence-corrected chi connectivity index (χ3v) is 4.15. The van der Waals surface area contributed by atoms with Gasteiger partial charge in [0.25, 0.3) is 0 Å². The Bertz CT molecular complexity index is 510. The van der Waals surface area contributed by atoms with Gasteiger partial charge in [0, 0.05) is 37.7 Å². The number of carbonyl (C=O) groups excluding carboxylic acids is 3. The zero-order valence-electron chi connectivity index (χ0n) is 12.7. The van der Waals surface area contributed by atoms with E-state index in [1.807, 2.05) is 13.0 Å². The Morgan fingerprint density at radius 3 is 2.48 bits per heavy atom. The Balaban J connectivity index is 2.29. The lowest BCUT2D eigenvalue weighted by Gasteiger charge is -2.16. The van der Waals surface area contributed by atoms with Gasteiger partial charge in [-0.25, -0.2) is 0 Å². The Labute approximate surface area is 128 Å². The second-order valence-corrected chi connectivity index (χ2v) is 6.12. The lowest BCUT2D eigenvalue weighted by atomic mass is 10.1. The molecular weight excluding hydrogens is 290 g/mol. The van der Waals surface area contributed by atoms with Crippen molar-refractivity contribution in [1.29, 1.82) is 0 Å². The number of thiophene rings is 1. The zero-order chi connectivity index (χ0) is 15.8. The van der Waals surface area contributed by atoms with Gasteiger partial charge in [-0.15, -0.1) is 11.3 Å². The van der Waals surface area contributed by atoms with Crippen molar-refractivity contribution in [3.63, 3.8) is 0 Å². The largest absolute Gasteiger partial charge is 0.469 e. The fraction of sp³-hybridized carbons (Fsp3) is 0.533. The molecule has 0 unspecified atom stereocenters. The Morgan fingerprint density at radius 1 is 1.19 bits per heavy atom. The summed E-state index contributed by atoms with van der Waals surface area (Å²) in [6.07, 6.45) is 1.28. The summed E-state index contributed by atoms with van der Waals surface area (Å²) in [5, 5.41) is 0. The zero-order valence-corrected chi connectivity index (χ0v) is 13.5. The van der Waals surface area contributed by atoms with E-state index in [4.69, 9.17) is 0 Å². The van der Waals surface area contributed by atoms with E-state index in [-0.39, 0.29) is 30.5 Å². The van der Waals surface area contributed by atoms with E-state index in [9.17, 15) is 14.4 Å². The molecule has 0 radical (unpaired) electrons. The van der Waals surface area contributed by atoms with E-state index in [0.29, 0.717) is 24.3 Å². The molecule has 6 heteroatoms. The van der Waals surface area contributed by atoms with Crippen LogP contribution in [0.2, 0.25) is 0 Å². The highest BCUT2D eigenvalue weighted by molar-refractivity contribution is 7.14. The van der Waals surface area contributed by atoms with Crippen molar-refractivity contribution in [1.82, 2.24) is 4.90 Å². The molecule has 0 N–H and O–H groups in total. The van der Waals surface area contributed by atoms with E-state index < -0.39 is 0 Å². The second-order valence-electron chi connectivity index (χ2n) is 4.83. The summed E-state index contributed by atoms with van der Waals surface area (Å²) in [6, 6.07) is 3.70. The molecule has 1 aromatic heterocycles. The highest BCUT2D eigenvalue weighted by atomic mass is 32.1. The van der Waals surface area contributed by atoms with Crippen LogP contribution in [0.4, 0.5) is 0 Å². The number of rotatable bonds is 8. The van der Waals surface area contributed by atoms with Gasteiger partial charge in [0.05, 0.1) is 12.0 Å². The lowest BCUT2D eigenvalue weighted by Crippen LogP contribution is -2.28. The maximum Gasteiger partial charge on any atom is 0.305 e. The van der Waals surface area contributed by atoms with E-state index in [1.165, 1.54) is 18.4 Å². The first-order chi connectivity index (χ1) is 9.93. The molecule has 0 aliphatic rings. The molecule has 1 amide bonds. The van der Waals surface area contributed by atoms with Crippen LogP contribution in [0.3, 0.4) is 0 Å². The number of nitrogens with zero attached hydrogens (tertiary/aromatic N) is 1. The van der Waals surface area contributed by atoms with Gasteiger partial charge in [-0.05, 0) is 25.5 Å². The van der Waals surface area contributed by atoms with Crippen LogP contribution >= 0.6 is 11.3 Å². The highest BCUT2D eigenvalue weighted by Gasteiger charge is 2.14. The lowest BCUT2D eigenvalue weighted by molar-refractivity contribution is -0.141. The number of ether oxygens (including phenoxy) is 1. The van der Waals surface area contributed by atoms with Gasteiger partial charge in [-0.3, -0.25) is 14.4 Å². The first-order valence-corrected chi connectivity index (χ1v) is 7.66. The molecule has 1 heterocycles. The Kier molecular flexibility index (Phi) is 7.08. The van der Waals surface area contributed by atoms with Gasteiger partial charge < -0.3 is 9.64 Å². The molecule has 0 bridgehead atoms. The number of methoxy groups -OCH3 is 1. The fourth-order valence-electron chi connectivity index (χ4n) is 1.81. The molecule has 0 atom stereocenters. The van der Waals surface area contributed by atoms with Gasteiger partial charge in [0.15, 0.2) is 5.78 Å². The molecule has 0 aliphatic heterocycles. The first kappa shape index (κ1) is 17.4. The van der Waals surface area contributed by atoms with Crippen LogP contribution in [0.15, 0.2) is 12.1 Å². The summed E-state index contributed by atoms with van der Waals surface area (Å²) >= 11 is 1.45. The Morgan fingerprint density at radius 2 is 1.90 bits per heavy atom. The quantitative estimate of drug-likeness (QED) is 0.546. The minimum atomic E-state index is -0.279. The number of hydrogen-bond acceptors (Lipinski definition) is 5. The summed E-state index contributed by atoms with van der Waals surface area (Å²) in [5.41, 5.74) is 0. The molecule has 0 aliphatic carbocycles. The third kappa shape index (κ3) is 6.08. The molecule has 5 nitrogen and oxygen atoms in total. The summed E-state index contributed by atoms with van der Waals surface area (Å²) in [6.45, 7) is 2.43. The maximum absolute atomic E-state index is 11.9. The monoisotopic (exact) mass is 311 g/mol. The molecule has 0 fully saturated rings. The summed E-state index contributed by atoms with van der Waals surface area (Å²) in [4.78, 5) is 38.1. The predicted octanol–water partition coefficient (Wildman–Crippen LogP) is 2.43. The Hall–Kier alpha value is -1.69. The molecule has 0 saturated carbocycles. The summed E-state index contributed by atoms with van der Waals surface area (Å²) < 4.78 is 4.54. The average Bonchev–Trinajstić information content (AvgIpc) is 2.90. The number of esters is 1. The number of carbonyl (C=O) groups is 3. The van der Waals surface area contributed by atoms with Crippen molar-refractivity contribution in [2.45, 2.75) is 32.6 Å². The topological polar surface area (TPSA) is 63.7 Å². The van der Waals surface area contributed by atoms with Crippen molar-refractivity contribution < 1.29 is 19.1 Å². The molecule has 1 rings (SSSR count). The molecule has 0 saturated heterocycles. The van der Waals surface area contributed by atoms with Crippen molar-refractivity contribution in [2.24, 2.45) is 0 Å². The highest BCUT2D eigenvalue weighted by Crippen LogP contribution is 2.17. The maximum atomic E-state index is 11.9. The standard InChI is InChI=1S/C15H21NO4S/c1-11-6-8-13(21-11)12(17)7-9-14(18)16(2)10-4-5-15(19)20-3/h6,8H,4-5,7,9-10H2,1-3H3. The summed E-state index contributed by atoms with van der Waals surface area (Å²) in [7, 11) is 3.02. The van der Waals surface area contributed by atoms with Crippen LogP contribution in [0.25, 0.3) is 0 Å². The van der Waals surface area contributed by atoms with Gasteiger partial charge >= 0.3 is 5.97 Å². The van der Waals surface area contributed by atoms with Crippen LogP contribution in [-0.2, 0) is 14.3 Å². The smallest absolute Gasteiger partial charge is 0.305 e. The van der Waals surface area contributed by atoms with E-state index >= 15 is 0 Å². The van der Waals surface area contributed by atoms with Crippen molar-refractivity contribution in [3.8, 4) is 0 Å². The molecule has 21 heavy (non-hydrogen) atoms. The number of aryl methyl sites for hydroxylation is 1. The SMILES string of the molecule is COC(=O)CCCN(C)C(=O)CCC(=O)c1ccc(C)s1. The van der Waals surface area contributed by atoms with Gasteiger partial charge in [-0.1, -0.05) is 0 Å². The minimum Gasteiger partial charge on any atom is -0.469 e. The predicted molar refractivity (Wildman–Crippen MR) is 81.5 cm³/mol. The van der Waals surface area contributed by atoms with Crippen molar-refractivity contribution >= 4 is 29.0 Å². The van der Waals surface area contributed by atoms with E-state index in [0.717, 1.165) is 4.88 Å². The summed E-state index contributed by atoms with van der Waals surface area (Å²) in [5.74, 6) is -0.356. The van der Waals surface area contributed by atoms with Gasteiger partial charge in [0.1, 0.15) is 0 Å². The van der Waals surface area contributed by atoms with E-state index in [2.05, 4.69) is 4.74 Å². The molecule has 116 valence electrons. The van der Waals surface area contributed by atoms with Gasteiger partial charge in [0.2, 0.25) is 5.91 Å². The number of amides is 1.